The number of hydrogen-bond acceptors (Lipinski definition) is 8. The lowest BCUT2D eigenvalue weighted by molar-refractivity contribution is 0.354. The zero-order valence-corrected chi connectivity index (χ0v) is 16.8. The molecule has 1 aliphatic rings. The molecule has 1 aromatic heterocycles. The van der Waals surface area contributed by atoms with Crippen molar-refractivity contribution < 1.29 is 9.47 Å². The number of tetrazole rings is 1. The molecule has 0 radical (unpaired) electrons. The fourth-order valence-electron chi connectivity index (χ4n) is 3.03. The summed E-state index contributed by atoms with van der Waals surface area (Å²) in [4.78, 5) is 0. The minimum atomic E-state index is -0.364. The third-order valence-electron chi connectivity index (χ3n) is 4.63. The van der Waals surface area contributed by atoms with Gasteiger partial charge in [0, 0.05) is 32.9 Å². The molecule has 9 nitrogen and oxygen atoms in total. The number of aryl methyl sites for hydroxylation is 1. The molecule has 0 aliphatic carbocycles. The van der Waals surface area contributed by atoms with Crippen LogP contribution in [0.3, 0.4) is 0 Å². The molecule has 0 fully saturated rings. The summed E-state index contributed by atoms with van der Waals surface area (Å²) in [6.45, 7) is 0.640. The Morgan fingerprint density at radius 1 is 1.29 bits per heavy atom. The zero-order chi connectivity index (χ0) is 20.1. The van der Waals surface area contributed by atoms with Gasteiger partial charge in [-0.15, -0.1) is 17.4 Å². The van der Waals surface area contributed by atoms with Gasteiger partial charge in [0.15, 0.2) is 23.0 Å². The van der Waals surface area contributed by atoms with Crippen molar-refractivity contribution >= 4 is 11.6 Å². The molecule has 1 atom stereocenters. The standard InChI is InChI=1S/C18H22ClN7O2/c1-5-6-7-18(22-23-18)8-9-20-15(17-21-24-25-26(17)2)12-10-13(19)16(28-4)14(11-12)27-3/h1,10-11,15,20H,6-9H2,2-4H3. The third-order valence-corrected chi connectivity index (χ3v) is 4.91. The maximum atomic E-state index is 6.39. The van der Waals surface area contributed by atoms with Crippen LogP contribution in [0, 0.1) is 12.3 Å². The molecule has 0 amide bonds. The molecule has 1 N–H and O–H groups in total. The van der Waals surface area contributed by atoms with Gasteiger partial charge in [-0.3, -0.25) is 0 Å². The SMILES string of the molecule is C#CCCC1(CCNC(c2cc(Cl)c(OC)c(OC)c2)c2nnnn2C)N=N1. The maximum absolute atomic E-state index is 6.39. The van der Waals surface area contributed by atoms with Gasteiger partial charge < -0.3 is 14.8 Å². The molecule has 2 heterocycles. The van der Waals surface area contributed by atoms with Gasteiger partial charge in [0.1, 0.15) is 0 Å². The van der Waals surface area contributed by atoms with Gasteiger partial charge in [0.2, 0.25) is 0 Å². The van der Waals surface area contributed by atoms with E-state index in [-0.39, 0.29) is 11.7 Å². The van der Waals surface area contributed by atoms with Gasteiger partial charge in [-0.1, -0.05) is 11.6 Å². The van der Waals surface area contributed by atoms with Crippen molar-refractivity contribution in [2.45, 2.75) is 31.0 Å². The van der Waals surface area contributed by atoms with Gasteiger partial charge in [-0.2, -0.15) is 10.2 Å². The van der Waals surface area contributed by atoms with E-state index in [2.05, 4.69) is 37.0 Å². The van der Waals surface area contributed by atoms with E-state index in [1.807, 2.05) is 12.1 Å². The number of benzene rings is 1. The molecular weight excluding hydrogens is 382 g/mol. The molecule has 1 unspecified atom stereocenters. The summed E-state index contributed by atoms with van der Waals surface area (Å²) in [5.74, 6) is 4.29. The van der Waals surface area contributed by atoms with E-state index in [0.29, 0.717) is 35.3 Å². The van der Waals surface area contributed by atoms with Crippen LogP contribution in [0.25, 0.3) is 0 Å². The Morgan fingerprint density at radius 3 is 2.64 bits per heavy atom. The lowest BCUT2D eigenvalue weighted by Gasteiger charge is -2.21. The van der Waals surface area contributed by atoms with Crippen LogP contribution in [0.5, 0.6) is 11.5 Å². The largest absolute Gasteiger partial charge is 0.493 e. The van der Waals surface area contributed by atoms with Gasteiger partial charge in [0.05, 0.1) is 25.3 Å². The van der Waals surface area contributed by atoms with Crippen LogP contribution in [0.1, 0.15) is 36.7 Å². The summed E-state index contributed by atoms with van der Waals surface area (Å²) < 4.78 is 12.4. The number of hydrogen-bond donors (Lipinski definition) is 1. The Labute approximate surface area is 168 Å². The van der Waals surface area contributed by atoms with Gasteiger partial charge in [-0.05, 0) is 28.1 Å². The molecule has 0 saturated heterocycles. The first-order valence-electron chi connectivity index (χ1n) is 8.78. The van der Waals surface area contributed by atoms with Gasteiger partial charge in [0.25, 0.3) is 0 Å². The van der Waals surface area contributed by atoms with E-state index in [0.717, 1.165) is 18.4 Å². The highest BCUT2D eigenvalue weighted by molar-refractivity contribution is 6.32. The third kappa shape index (κ3) is 4.24. The van der Waals surface area contributed by atoms with E-state index in [1.54, 1.807) is 25.9 Å². The summed E-state index contributed by atoms with van der Waals surface area (Å²) >= 11 is 6.39. The van der Waals surface area contributed by atoms with Gasteiger partial charge in [-0.25, -0.2) is 4.68 Å². The first-order chi connectivity index (χ1) is 13.5. The van der Waals surface area contributed by atoms with Crippen molar-refractivity contribution in [2.24, 2.45) is 17.3 Å². The van der Waals surface area contributed by atoms with Crippen molar-refractivity contribution in [1.82, 2.24) is 25.5 Å². The summed E-state index contributed by atoms with van der Waals surface area (Å²) in [6.07, 6.45) is 7.49. The highest BCUT2D eigenvalue weighted by Crippen LogP contribution is 2.39. The topological polar surface area (TPSA) is 98.8 Å². The Balaban J connectivity index is 1.82. The van der Waals surface area contributed by atoms with Crippen LogP contribution < -0.4 is 14.8 Å². The number of ether oxygens (including phenoxy) is 2. The Kier molecular flexibility index (Phi) is 6.11. The summed E-state index contributed by atoms with van der Waals surface area (Å²) in [7, 11) is 4.89. The van der Waals surface area contributed by atoms with Crippen LogP contribution in [0.15, 0.2) is 22.4 Å². The van der Waals surface area contributed by atoms with Gasteiger partial charge >= 0.3 is 0 Å². The highest BCUT2D eigenvalue weighted by atomic mass is 35.5. The molecule has 0 spiro atoms. The van der Waals surface area contributed by atoms with Crippen molar-refractivity contribution in [3.63, 3.8) is 0 Å². The zero-order valence-electron chi connectivity index (χ0n) is 16.0. The summed E-state index contributed by atoms with van der Waals surface area (Å²) in [6, 6.07) is 3.37. The number of rotatable bonds is 10. The van der Waals surface area contributed by atoms with E-state index < -0.39 is 0 Å². The Morgan fingerprint density at radius 2 is 2.07 bits per heavy atom. The van der Waals surface area contributed by atoms with E-state index in [1.165, 1.54) is 0 Å². The lowest BCUT2D eigenvalue weighted by Crippen LogP contribution is -2.29. The number of aromatic nitrogens is 4. The predicted octanol–water partition coefficient (Wildman–Crippen LogP) is 2.53. The molecule has 10 heteroatoms. The second kappa shape index (κ2) is 8.54. The molecular formula is C18H22ClN7O2. The molecule has 0 saturated carbocycles. The van der Waals surface area contributed by atoms with Crippen LogP contribution >= 0.6 is 11.6 Å². The predicted molar refractivity (Wildman–Crippen MR) is 103 cm³/mol. The van der Waals surface area contributed by atoms with E-state index >= 15 is 0 Å². The fourth-order valence-corrected chi connectivity index (χ4v) is 3.32. The number of nitrogens with zero attached hydrogens (tertiary/aromatic N) is 6. The number of methoxy groups -OCH3 is 2. The maximum Gasteiger partial charge on any atom is 0.193 e. The van der Waals surface area contributed by atoms with Crippen molar-refractivity contribution in [3.8, 4) is 23.8 Å². The molecule has 28 heavy (non-hydrogen) atoms. The lowest BCUT2D eigenvalue weighted by atomic mass is 10.0. The molecule has 1 aliphatic heterocycles. The van der Waals surface area contributed by atoms with E-state index in [4.69, 9.17) is 27.5 Å². The smallest absolute Gasteiger partial charge is 0.193 e. The fraction of sp³-hybridized carbons (Fsp3) is 0.500. The summed E-state index contributed by atoms with van der Waals surface area (Å²) in [5.41, 5.74) is 0.486. The quantitative estimate of drug-likeness (QED) is 0.612. The monoisotopic (exact) mass is 403 g/mol. The highest BCUT2D eigenvalue weighted by Gasteiger charge is 2.38. The number of halogens is 1. The molecule has 2 aromatic rings. The minimum absolute atomic E-state index is 0.305. The minimum Gasteiger partial charge on any atom is -0.493 e. The van der Waals surface area contributed by atoms with Crippen LogP contribution in [-0.2, 0) is 7.05 Å². The normalized spacial score (nSPS) is 15.1. The number of terminal acetylenes is 1. The average Bonchev–Trinajstić information content (AvgIpc) is 3.34. The second-order valence-electron chi connectivity index (χ2n) is 6.42. The first-order valence-corrected chi connectivity index (χ1v) is 9.16. The average molecular weight is 404 g/mol. The molecule has 148 valence electrons. The Hall–Kier alpha value is -2.70. The molecule has 0 bridgehead atoms. The van der Waals surface area contributed by atoms with Crippen molar-refractivity contribution in [3.05, 3.63) is 28.5 Å². The van der Waals surface area contributed by atoms with Crippen LogP contribution in [0.2, 0.25) is 5.02 Å². The first kappa shape index (κ1) is 20.0. The summed E-state index contributed by atoms with van der Waals surface area (Å²) in [5, 5.41) is 24.1. The second-order valence-corrected chi connectivity index (χ2v) is 6.83. The van der Waals surface area contributed by atoms with Crippen LogP contribution in [0.4, 0.5) is 0 Å². The van der Waals surface area contributed by atoms with Crippen molar-refractivity contribution in [2.75, 3.05) is 20.8 Å². The number of nitrogens with one attached hydrogen (secondary N) is 1. The van der Waals surface area contributed by atoms with E-state index in [9.17, 15) is 0 Å². The Bertz CT molecular complexity index is 900. The molecule has 1 aromatic carbocycles. The molecule has 3 rings (SSSR count). The van der Waals surface area contributed by atoms with Crippen molar-refractivity contribution in [1.29, 1.82) is 0 Å². The van der Waals surface area contributed by atoms with Crippen LogP contribution in [-0.4, -0.2) is 46.6 Å².